The van der Waals surface area contributed by atoms with Gasteiger partial charge in [-0.1, -0.05) is 141 Å². The highest BCUT2D eigenvalue weighted by Gasteiger charge is 2.22. The largest absolute Gasteiger partial charge is 0.394 e. The number of carbonyl (C=O) groups excluding carboxylic acids is 1. The van der Waals surface area contributed by atoms with E-state index in [1.54, 1.807) is 6.08 Å². The van der Waals surface area contributed by atoms with Crippen LogP contribution in [-0.2, 0) is 4.79 Å². The van der Waals surface area contributed by atoms with Crippen molar-refractivity contribution in [2.24, 2.45) is 0 Å². The predicted octanol–water partition coefficient (Wildman–Crippen LogP) is 7.92. The van der Waals surface area contributed by atoms with E-state index in [0.29, 0.717) is 12.8 Å². The van der Waals surface area contributed by atoms with Crippen LogP contribution in [0.4, 0.5) is 0 Å². The van der Waals surface area contributed by atoms with Crippen molar-refractivity contribution in [2.45, 2.75) is 173 Å². The number of aliphatic hydroxyl groups excluding tert-OH is 3. The van der Waals surface area contributed by atoms with Crippen molar-refractivity contribution in [2.75, 3.05) is 6.61 Å². The third-order valence-electron chi connectivity index (χ3n) is 7.29. The van der Waals surface area contributed by atoms with E-state index in [9.17, 15) is 20.1 Å². The van der Waals surface area contributed by atoms with Gasteiger partial charge in [-0.3, -0.25) is 4.79 Å². The summed E-state index contributed by atoms with van der Waals surface area (Å²) < 4.78 is 0. The molecule has 0 bridgehead atoms. The fourth-order valence-electron chi connectivity index (χ4n) is 4.65. The van der Waals surface area contributed by atoms with Crippen molar-refractivity contribution >= 4 is 5.91 Å². The zero-order chi connectivity index (χ0) is 28.1. The Bertz CT molecular complexity index is 563. The highest BCUT2D eigenvalue weighted by molar-refractivity contribution is 5.80. The SMILES string of the molecule is CCCCCC/C=C\CCC(O)C(=O)NC(CO)C(O)/C=C/CCCCCCCCCCCCCCCC. The summed E-state index contributed by atoms with van der Waals surface area (Å²) >= 11 is 0. The normalized spacial score (nSPS) is 14.3. The van der Waals surface area contributed by atoms with E-state index in [4.69, 9.17) is 0 Å². The van der Waals surface area contributed by atoms with Crippen molar-refractivity contribution in [3.05, 3.63) is 24.3 Å². The fourth-order valence-corrected chi connectivity index (χ4v) is 4.65. The number of nitrogens with one attached hydrogen (secondary N) is 1. The van der Waals surface area contributed by atoms with Gasteiger partial charge >= 0.3 is 0 Å². The molecule has 3 unspecified atom stereocenters. The molecular weight excluding hydrogens is 474 g/mol. The van der Waals surface area contributed by atoms with Gasteiger partial charge in [0.2, 0.25) is 5.91 Å². The van der Waals surface area contributed by atoms with Crippen LogP contribution in [0.1, 0.15) is 155 Å². The Morgan fingerprint density at radius 3 is 1.55 bits per heavy atom. The monoisotopic (exact) mass is 537 g/mol. The zero-order valence-electron chi connectivity index (χ0n) is 25.1. The summed E-state index contributed by atoms with van der Waals surface area (Å²) in [5.74, 6) is -0.542. The lowest BCUT2D eigenvalue weighted by molar-refractivity contribution is -0.131. The Labute approximate surface area is 235 Å². The van der Waals surface area contributed by atoms with Gasteiger partial charge < -0.3 is 20.6 Å². The first-order valence-corrected chi connectivity index (χ1v) is 16.2. The second-order valence-corrected chi connectivity index (χ2v) is 11.0. The van der Waals surface area contributed by atoms with Gasteiger partial charge in [0, 0.05) is 0 Å². The second kappa shape index (κ2) is 28.8. The summed E-state index contributed by atoms with van der Waals surface area (Å²) in [6, 6.07) is -0.807. The van der Waals surface area contributed by atoms with Crippen LogP contribution in [0, 0.1) is 0 Å². The molecule has 0 saturated heterocycles. The third kappa shape index (κ3) is 23.9. The van der Waals surface area contributed by atoms with Gasteiger partial charge in [-0.05, 0) is 38.5 Å². The number of carbonyl (C=O) groups is 1. The maximum atomic E-state index is 12.2. The number of hydrogen-bond donors (Lipinski definition) is 4. The molecule has 0 fully saturated rings. The Morgan fingerprint density at radius 1 is 0.632 bits per heavy atom. The van der Waals surface area contributed by atoms with E-state index in [2.05, 4.69) is 25.2 Å². The van der Waals surface area contributed by atoms with Gasteiger partial charge in [0.25, 0.3) is 0 Å². The molecule has 5 nitrogen and oxygen atoms in total. The van der Waals surface area contributed by atoms with Gasteiger partial charge in [-0.25, -0.2) is 0 Å². The van der Waals surface area contributed by atoms with Crippen LogP contribution in [0.2, 0.25) is 0 Å². The number of rotatable bonds is 28. The standard InChI is InChI=1S/C33H63NO4/c1-3-5-7-9-11-13-14-15-16-17-18-19-20-22-23-25-27-31(36)30(29-35)34-33(38)32(37)28-26-24-21-12-10-8-6-4-2/h21,24-25,27,30-32,35-37H,3-20,22-23,26,28-29H2,1-2H3,(H,34,38)/b24-21-,27-25+. The summed E-state index contributed by atoms with van der Waals surface area (Å²) in [7, 11) is 0. The molecule has 0 aromatic heterocycles. The van der Waals surface area contributed by atoms with Gasteiger partial charge in [-0.15, -0.1) is 0 Å². The van der Waals surface area contributed by atoms with Gasteiger partial charge in [0.15, 0.2) is 0 Å². The summed E-state index contributed by atoms with van der Waals surface area (Å²) in [4.78, 5) is 12.2. The minimum atomic E-state index is -1.14. The lowest BCUT2D eigenvalue weighted by atomic mass is 10.0. The lowest BCUT2D eigenvalue weighted by Crippen LogP contribution is -2.48. The van der Waals surface area contributed by atoms with Crippen LogP contribution in [-0.4, -0.2) is 46.1 Å². The van der Waals surface area contributed by atoms with Crippen LogP contribution in [0.25, 0.3) is 0 Å². The number of allylic oxidation sites excluding steroid dienone is 3. The number of hydrogen-bond acceptors (Lipinski definition) is 4. The second-order valence-electron chi connectivity index (χ2n) is 11.0. The molecular formula is C33H63NO4. The molecule has 4 N–H and O–H groups in total. The Kier molecular flexibility index (Phi) is 27.9. The van der Waals surface area contributed by atoms with Crippen LogP contribution < -0.4 is 5.32 Å². The van der Waals surface area contributed by atoms with Crippen LogP contribution >= 0.6 is 0 Å². The number of amides is 1. The quantitative estimate of drug-likeness (QED) is 0.0603. The first-order chi connectivity index (χ1) is 18.6. The minimum absolute atomic E-state index is 0.334. The van der Waals surface area contributed by atoms with E-state index in [-0.39, 0.29) is 6.61 Å². The molecule has 38 heavy (non-hydrogen) atoms. The first kappa shape index (κ1) is 36.8. The molecule has 5 heteroatoms. The third-order valence-corrected chi connectivity index (χ3v) is 7.29. The van der Waals surface area contributed by atoms with E-state index in [1.165, 1.54) is 109 Å². The number of aliphatic hydroxyl groups is 3. The molecule has 0 aromatic carbocycles. The van der Waals surface area contributed by atoms with E-state index in [0.717, 1.165) is 19.3 Å². The molecule has 0 aliphatic rings. The molecule has 0 spiro atoms. The highest BCUT2D eigenvalue weighted by atomic mass is 16.3. The van der Waals surface area contributed by atoms with Crippen molar-refractivity contribution in [1.82, 2.24) is 5.32 Å². The Hall–Kier alpha value is -1.17. The molecule has 0 rings (SSSR count). The summed E-state index contributed by atoms with van der Waals surface area (Å²) in [6.45, 7) is 4.09. The molecule has 1 amide bonds. The van der Waals surface area contributed by atoms with Gasteiger partial charge in [-0.2, -0.15) is 0 Å². The Morgan fingerprint density at radius 2 is 1.05 bits per heavy atom. The molecule has 0 radical (unpaired) electrons. The molecule has 0 saturated carbocycles. The molecule has 224 valence electrons. The first-order valence-electron chi connectivity index (χ1n) is 16.2. The Balaban J connectivity index is 3.80. The molecule has 0 aliphatic carbocycles. The van der Waals surface area contributed by atoms with Gasteiger partial charge in [0.1, 0.15) is 6.10 Å². The minimum Gasteiger partial charge on any atom is -0.394 e. The van der Waals surface area contributed by atoms with Crippen molar-refractivity contribution in [1.29, 1.82) is 0 Å². The van der Waals surface area contributed by atoms with E-state index in [1.807, 2.05) is 12.2 Å². The molecule has 0 aliphatic heterocycles. The number of unbranched alkanes of at least 4 members (excludes halogenated alkanes) is 18. The van der Waals surface area contributed by atoms with Crippen molar-refractivity contribution in [3.8, 4) is 0 Å². The molecule has 3 atom stereocenters. The van der Waals surface area contributed by atoms with E-state index < -0.39 is 24.2 Å². The van der Waals surface area contributed by atoms with Gasteiger partial charge in [0.05, 0.1) is 18.8 Å². The fraction of sp³-hybridized carbons (Fsp3) is 0.848. The highest BCUT2D eigenvalue weighted by Crippen LogP contribution is 2.13. The summed E-state index contributed by atoms with van der Waals surface area (Å²) in [5, 5.41) is 32.6. The van der Waals surface area contributed by atoms with Crippen molar-refractivity contribution in [3.63, 3.8) is 0 Å². The smallest absolute Gasteiger partial charge is 0.249 e. The topological polar surface area (TPSA) is 89.8 Å². The maximum Gasteiger partial charge on any atom is 0.249 e. The maximum absolute atomic E-state index is 12.2. The average molecular weight is 538 g/mol. The summed E-state index contributed by atoms with van der Waals surface area (Å²) in [5.41, 5.74) is 0. The average Bonchev–Trinajstić information content (AvgIpc) is 2.92. The molecule has 0 aromatic rings. The lowest BCUT2D eigenvalue weighted by Gasteiger charge is -2.21. The van der Waals surface area contributed by atoms with Crippen LogP contribution in [0.3, 0.4) is 0 Å². The van der Waals surface area contributed by atoms with E-state index >= 15 is 0 Å². The zero-order valence-corrected chi connectivity index (χ0v) is 25.1. The molecule has 0 heterocycles. The summed E-state index contributed by atoms with van der Waals surface area (Å²) in [6.07, 6.45) is 32.1. The predicted molar refractivity (Wildman–Crippen MR) is 162 cm³/mol. The van der Waals surface area contributed by atoms with Crippen molar-refractivity contribution < 1.29 is 20.1 Å². The van der Waals surface area contributed by atoms with Crippen LogP contribution in [0.15, 0.2) is 24.3 Å². The van der Waals surface area contributed by atoms with Crippen LogP contribution in [0.5, 0.6) is 0 Å².